The molecule has 15 heteroatoms. The third-order valence-corrected chi connectivity index (χ3v) is 16.2. The van der Waals surface area contributed by atoms with E-state index in [4.69, 9.17) is 28.4 Å². The molecule has 304 valence electrons. The quantitative estimate of drug-likeness (QED) is 0.155. The monoisotopic (exact) mass is 758 g/mol. The molecule has 0 aromatic heterocycles. The molecule has 0 amide bonds. The van der Waals surface area contributed by atoms with E-state index in [1.54, 1.807) is 0 Å². The molecule has 4 aliphatic heterocycles. The molecule has 4 saturated heterocycles. The van der Waals surface area contributed by atoms with Gasteiger partial charge in [-0.15, -0.1) is 0 Å². The van der Waals surface area contributed by atoms with Crippen LogP contribution in [0.4, 0.5) is 0 Å². The summed E-state index contributed by atoms with van der Waals surface area (Å²) in [6.45, 7) is 8.54. The third kappa shape index (κ3) is 5.62. The van der Waals surface area contributed by atoms with E-state index in [0.717, 1.165) is 32.1 Å². The molecule has 8 rings (SSSR count). The lowest BCUT2D eigenvalue weighted by molar-refractivity contribution is -0.392. The summed E-state index contributed by atoms with van der Waals surface area (Å²) in [6.07, 6.45) is -12.5. The summed E-state index contributed by atoms with van der Waals surface area (Å²) < 4.78 is 37.7. The first kappa shape index (κ1) is 39.2. The van der Waals surface area contributed by atoms with Gasteiger partial charge in [0, 0.05) is 24.2 Å². The van der Waals surface area contributed by atoms with Crippen LogP contribution in [0.25, 0.3) is 0 Å². The Kier molecular flexibility index (Phi) is 10.2. The van der Waals surface area contributed by atoms with Crippen LogP contribution in [0, 0.1) is 46.3 Å². The minimum absolute atomic E-state index is 0.0334. The highest BCUT2D eigenvalue weighted by molar-refractivity contribution is 5.22. The summed E-state index contributed by atoms with van der Waals surface area (Å²) in [5.74, 6) is 0.778. The Morgan fingerprint density at radius 3 is 2.19 bits per heavy atom. The van der Waals surface area contributed by atoms with Gasteiger partial charge in [-0.2, -0.15) is 0 Å². The molecule has 0 aromatic rings. The van der Waals surface area contributed by atoms with Crippen LogP contribution < -0.4 is 0 Å². The molecule has 4 aliphatic carbocycles. The second-order valence-corrected chi connectivity index (χ2v) is 18.5. The fourth-order valence-corrected chi connectivity index (χ4v) is 13.1. The smallest absolute Gasteiger partial charge is 0.187 e. The van der Waals surface area contributed by atoms with Gasteiger partial charge in [0.15, 0.2) is 18.4 Å². The minimum atomic E-state index is -1.73. The van der Waals surface area contributed by atoms with Gasteiger partial charge >= 0.3 is 0 Å². The number of aliphatic hydroxyl groups is 9. The Balaban J connectivity index is 1.10. The minimum Gasteiger partial charge on any atom is -0.394 e. The van der Waals surface area contributed by atoms with Crippen molar-refractivity contribution < 1.29 is 74.4 Å². The van der Waals surface area contributed by atoms with Crippen LogP contribution in [0.15, 0.2) is 0 Å². The van der Waals surface area contributed by atoms with Crippen LogP contribution in [0.3, 0.4) is 0 Å². The molecule has 4 saturated carbocycles. The predicted octanol–water partition coefficient (Wildman–Crippen LogP) is -0.862. The van der Waals surface area contributed by atoms with Gasteiger partial charge in [-0.3, -0.25) is 0 Å². The van der Waals surface area contributed by atoms with E-state index in [-0.39, 0.29) is 54.6 Å². The molecular formula is C38H62O15. The van der Waals surface area contributed by atoms with Crippen molar-refractivity contribution >= 4 is 0 Å². The standard InChI is InChI=1S/C38H62O15/c1-16-5-10-38(49-14-16)17(2)26-22(52-38)11-20-18-6-9-37(53-33-30(45)27(42)21(40)15-48-33)32(47)23(50-34-31(46)29(44)28(43)24(13-39)51-34)12-25(41)36(37,4)19(18)7-8-35(20,26)3/h16-34,39-47H,5-15H2,1-4H3. The normalized spacial score (nSPS) is 61.0. The fourth-order valence-electron chi connectivity index (χ4n) is 13.1. The van der Waals surface area contributed by atoms with Crippen LogP contribution in [0.2, 0.25) is 0 Å². The summed E-state index contributed by atoms with van der Waals surface area (Å²) in [5.41, 5.74) is -2.76. The van der Waals surface area contributed by atoms with Crippen molar-refractivity contribution in [2.45, 2.75) is 170 Å². The van der Waals surface area contributed by atoms with Gasteiger partial charge in [0.2, 0.25) is 0 Å². The van der Waals surface area contributed by atoms with Gasteiger partial charge in [0.1, 0.15) is 54.4 Å². The number of fused-ring (bicyclic) bond motifs is 7. The molecule has 0 aromatic carbocycles. The Hall–Kier alpha value is -0.600. The Morgan fingerprint density at radius 1 is 0.755 bits per heavy atom. The van der Waals surface area contributed by atoms with E-state index in [0.29, 0.717) is 24.9 Å². The number of ether oxygens (including phenoxy) is 6. The summed E-state index contributed by atoms with van der Waals surface area (Å²) in [7, 11) is 0. The molecule has 0 bridgehead atoms. The molecule has 15 nitrogen and oxygen atoms in total. The van der Waals surface area contributed by atoms with Crippen molar-refractivity contribution in [3.8, 4) is 0 Å². The summed E-state index contributed by atoms with van der Waals surface area (Å²) in [4.78, 5) is 0. The van der Waals surface area contributed by atoms with Crippen molar-refractivity contribution in [2.75, 3.05) is 19.8 Å². The van der Waals surface area contributed by atoms with Gasteiger partial charge in [-0.1, -0.05) is 27.7 Å². The topological polar surface area (TPSA) is 237 Å². The zero-order valence-electron chi connectivity index (χ0n) is 31.2. The van der Waals surface area contributed by atoms with E-state index in [2.05, 4.69) is 20.8 Å². The van der Waals surface area contributed by atoms with Crippen molar-refractivity contribution in [2.24, 2.45) is 46.3 Å². The zero-order valence-corrected chi connectivity index (χ0v) is 31.2. The van der Waals surface area contributed by atoms with Crippen LogP contribution in [0.1, 0.15) is 79.1 Å². The maximum atomic E-state index is 12.5. The number of hydrogen-bond acceptors (Lipinski definition) is 15. The lowest BCUT2D eigenvalue weighted by Crippen LogP contribution is -2.76. The number of rotatable bonds is 5. The Labute approximate surface area is 310 Å². The zero-order chi connectivity index (χ0) is 38.0. The largest absolute Gasteiger partial charge is 0.394 e. The third-order valence-electron chi connectivity index (χ3n) is 16.2. The maximum Gasteiger partial charge on any atom is 0.187 e. The highest BCUT2D eigenvalue weighted by Crippen LogP contribution is 2.72. The van der Waals surface area contributed by atoms with Gasteiger partial charge in [0.25, 0.3) is 0 Å². The average Bonchev–Trinajstić information content (AvgIpc) is 3.58. The highest BCUT2D eigenvalue weighted by atomic mass is 16.7. The molecule has 53 heavy (non-hydrogen) atoms. The molecule has 8 fully saturated rings. The molecule has 8 aliphatic rings. The van der Waals surface area contributed by atoms with Crippen molar-refractivity contribution in [1.29, 1.82) is 0 Å². The first-order valence-electron chi connectivity index (χ1n) is 20.0. The lowest BCUT2D eigenvalue weighted by atomic mass is 9.41. The number of hydrogen-bond donors (Lipinski definition) is 9. The van der Waals surface area contributed by atoms with Gasteiger partial charge in [-0.25, -0.2) is 0 Å². The molecule has 4 heterocycles. The van der Waals surface area contributed by atoms with E-state index >= 15 is 0 Å². The molecule has 1 spiro atoms. The van der Waals surface area contributed by atoms with E-state index < -0.39 is 97.0 Å². The second-order valence-electron chi connectivity index (χ2n) is 18.5. The van der Waals surface area contributed by atoms with Gasteiger partial charge < -0.3 is 74.4 Å². The molecular weight excluding hydrogens is 696 g/mol. The summed E-state index contributed by atoms with van der Waals surface area (Å²) in [6, 6.07) is 0. The van der Waals surface area contributed by atoms with E-state index in [1.165, 1.54) is 0 Å². The second kappa shape index (κ2) is 13.8. The predicted molar refractivity (Wildman–Crippen MR) is 181 cm³/mol. The molecule has 9 N–H and O–H groups in total. The van der Waals surface area contributed by atoms with Crippen LogP contribution in [-0.2, 0) is 28.4 Å². The van der Waals surface area contributed by atoms with E-state index in [9.17, 15) is 46.0 Å². The van der Waals surface area contributed by atoms with Crippen molar-refractivity contribution in [1.82, 2.24) is 0 Å². The SMILES string of the molecule is CC1CCC2(OC1)OC1CC3C4CCC5(OC6OCC(O)C(O)C6O)C(O)C(OC6OC(CO)C(O)C(O)C6O)CC(O)C5(C)C4CCC3(C)C1C2C. The highest BCUT2D eigenvalue weighted by Gasteiger charge is 2.75. The Morgan fingerprint density at radius 2 is 1.49 bits per heavy atom. The van der Waals surface area contributed by atoms with E-state index in [1.807, 2.05) is 6.92 Å². The van der Waals surface area contributed by atoms with Gasteiger partial charge in [0.05, 0.1) is 38.1 Å². The number of aliphatic hydroxyl groups excluding tert-OH is 9. The molecule has 23 atom stereocenters. The molecule has 0 radical (unpaired) electrons. The first-order valence-corrected chi connectivity index (χ1v) is 20.0. The lowest BCUT2D eigenvalue weighted by Gasteiger charge is -2.68. The fraction of sp³-hybridized carbons (Fsp3) is 1.00. The maximum absolute atomic E-state index is 12.5. The molecule has 23 unspecified atom stereocenters. The van der Waals surface area contributed by atoms with Crippen LogP contribution >= 0.6 is 0 Å². The average molecular weight is 759 g/mol. The van der Waals surface area contributed by atoms with Crippen LogP contribution in [-0.4, -0.2) is 157 Å². The summed E-state index contributed by atoms with van der Waals surface area (Å²) in [5, 5.41) is 98.1. The first-order chi connectivity index (χ1) is 25.0. The van der Waals surface area contributed by atoms with Gasteiger partial charge in [-0.05, 0) is 73.5 Å². The van der Waals surface area contributed by atoms with Crippen LogP contribution in [0.5, 0.6) is 0 Å². The van der Waals surface area contributed by atoms with Crippen molar-refractivity contribution in [3.63, 3.8) is 0 Å². The summed E-state index contributed by atoms with van der Waals surface area (Å²) >= 11 is 0. The van der Waals surface area contributed by atoms with Crippen molar-refractivity contribution in [3.05, 3.63) is 0 Å². The Bertz CT molecular complexity index is 1330.